The van der Waals surface area contributed by atoms with E-state index in [0.717, 1.165) is 11.1 Å². The molecular formula is C26H32F3N3O5S. The molecule has 0 aliphatic carbocycles. The van der Waals surface area contributed by atoms with E-state index in [2.05, 4.69) is 29.0 Å². The van der Waals surface area contributed by atoms with Gasteiger partial charge in [0.1, 0.15) is 0 Å². The number of hydrogen-bond acceptors (Lipinski definition) is 7. The summed E-state index contributed by atoms with van der Waals surface area (Å²) in [4.78, 5) is 19.3. The van der Waals surface area contributed by atoms with Gasteiger partial charge >= 0.3 is 6.18 Å². The van der Waals surface area contributed by atoms with Crippen LogP contribution in [0.4, 0.5) is 13.2 Å². The number of alkyl halides is 3. The summed E-state index contributed by atoms with van der Waals surface area (Å²) in [6.07, 6.45) is -5.42. The van der Waals surface area contributed by atoms with Crippen molar-refractivity contribution in [1.82, 2.24) is 15.2 Å². The number of aromatic nitrogens is 1. The lowest BCUT2D eigenvalue weighted by Crippen LogP contribution is -2.45. The minimum Gasteiger partial charge on any atom is -0.346 e. The van der Waals surface area contributed by atoms with Gasteiger partial charge in [0.15, 0.2) is 9.84 Å². The molecule has 0 radical (unpaired) electrons. The molecule has 0 bridgehead atoms. The highest BCUT2D eigenvalue weighted by Crippen LogP contribution is 2.40. The van der Waals surface area contributed by atoms with Crippen LogP contribution in [0, 0.1) is 11.8 Å². The Labute approximate surface area is 220 Å². The van der Waals surface area contributed by atoms with Gasteiger partial charge in [-0.15, -0.1) is 0 Å². The molecule has 1 aromatic heterocycles. The fourth-order valence-corrected chi connectivity index (χ4v) is 5.78. The summed E-state index contributed by atoms with van der Waals surface area (Å²) in [6.45, 7) is 6.89. The zero-order valence-corrected chi connectivity index (χ0v) is 22.3. The van der Waals surface area contributed by atoms with Crippen LogP contribution in [0.15, 0.2) is 41.4 Å². The maximum Gasteiger partial charge on any atom is 0.440 e. The SMILES string of the molecule is CCS(=O)(=O)c1ccc(CNC(=O)c2ccc3c(c2)CN(C[C@H]2CO[C@@H](C(F)(F)F)OC2)[C@H]3C(C)C)nc1. The first-order valence-corrected chi connectivity index (χ1v) is 14.2. The maximum absolute atomic E-state index is 12.8. The third-order valence-corrected chi connectivity index (χ3v) is 8.54. The highest BCUT2D eigenvalue weighted by atomic mass is 32.2. The zero-order chi connectivity index (χ0) is 27.7. The fourth-order valence-electron chi connectivity index (χ4n) is 4.95. The van der Waals surface area contributed by atoms with Crippen LogP contribution in [0.5, 0.6) is 0 Å². The van der Waals surface area contributed by atoms with Crippen molar-refractivity contribution >= 4 is 15.7 Å². The molecule has 0 saturated carbocycles. The van der Waals surface area contributed by atoms with Gasteiger partial charge in [-0.05, 0) is 41.3 Å². The van der Waals surface area contributed by atoms with Crippen molar-refractivity contribution in [2.45, 2.75) is 57.3 Å². The van der Waals surface area contributed by atoms with Crippen molar-refractivity contribution in [3.63, 3.8) is 0 Å². The standard InChI is InChI=1S/C26H32F3N3O5S/c1-4-38(34,35)21-7-6-20(30-11-21)10-31-24(33)18-5-8-22-19(9-18)13-32(23(22)16(2)3)12-17-14-36-25(37-15-17)26(27,28)29/h5-9,11,16-17,23,25H,4,10,12-15H2,1-3H3,(H,31,33)/t17-,23-,25+/m0/s1. The van der Waals surface area contributed by atoms with Gasteiger partial charge in [-0.2, -0.15) is 13.2 Å². The summed E-state index contributed by atoms with van der Waals surface area (Å²) in [5.74, 6) is -0.251. The Balaban J connectivity index is 1.38. The van der Waals surface area contributed by atoms with Crippen LogP contribution >= 0.6 is 0 Å². The van der Waals surface area contributed by atoms with Gasteiger partial charge in [0, 0.05) is 36.8 Å². The molecule has 1 amide bonds. The van der Waals surface area contributed by atoms with Crippen LogP contribution in [-0.2, 0) is 32.4 Å². The Hall–Kier alpha value is -2.54. The number of nitrogens with one attached hydrogen (secondary N) is 1. The Kier molecular flexibility index (Phi) is 8.46. The summed E-state index contributed by atoms with van der Waals surface area (Å²) in [5, 5.41) is 2.82. The first-order chi connectivity index (χ1) is 17.9. The molecule has 2 aromatic rings. The Morgan fingerprint density at radius 2 is 1.89 bits per heavy atom. The number of nitrogens with zero attached hydrogens (tertiary/aromatic N) is 2. The molecule has 4 rings (SSSR count). The molecule has 0 spiro atoms. The number of halogens is 3. The van der Waals surface area contributed by atoms with Crippen LogP contribution in [0.3, 0.4) is 0 Å². The Morgan fingerprint density at radius 1 is 1.18 bits per heavy atom. The van der Waals surface area contributed by atoms with Gasteiger partial charge in [-0.3, -0.25) is 14.7 Å². The molecule has 2 aliphatic rings. The van der Waals surface area contributed by atoms with Crippen molar-refractivity contribution in [3.05, 3.63) is 58.9 Å². The molecular weight excluding hydrogens is 523 g/mol. The van der Waals surface area contributed by atoms with Gasteiger partial charge in [0.05, 0.1) is 36.1 Å². The van der Waals surface area contributed by atoms with Crippen LogP contribution < -0.4 is 5.32 Å². The van der Waals surface area contributed by atoms with E-state index >= 15 is 0 Å². The molecule has 3 heterocycles. The summed E-state index contributed by atoms with van der Waals surface area (Å²) < 4.78 is 72.2. The molecule has 1 fully saturated rings. The number of ether oxygens (including phenoxy) is 2. The number of fused-ring (bicyclic) bond motifs is 1. The lowest BCUT2D eigenvalue weighted by molar-refractivity contribution is -0.334. The van der Waals surface area contributed by atoms with E-state index in [4.69, 9.17) is 9.47 Å². The third kappa shape index (κ3) is 6.36. The predicted octanol–water partition coefficient (Wildman–Crippen LogP) is 3.87. The molecule has 8 nitrogen and oxygen atoms in total. The van der Waals surface area contributed by atoms with Crippen LogP contribution in [0.1, 0.15) is 54.0 Å². The van der Waals surface area contributed by atoms with Crippen molar-refractivity contribution < 1.29 is 35.9 Å². The average Bonchev–Trinajstić information content (AvgIpc) is 3.24. The highest BCUT2D eigenvalue weighted by Gasteiger charge is 2.45. The lowest BCUT2D eigenvalue weighted by Gasteiger charge is -2.35. The zero-order valence-electron chi connectivity index (χ0n) is 21.5. The smallest absolute Gasteiger partial charge is 0.346 e. The number of sulfone groups is 1. The monoisotopic (exact) mass is 555 g/mol. The summed E-state index contributed by atoms with van der Waals surface area (Å²) >= 11 is 0. The Bertz CT molecular complexity index is 1240. The van der Waals surface area contributed by atoms with Crippen molar-refractivity contribution in [1.29, 1.82) is 0 Å². The van der Waals surface area contributed by atoms with Gasteiger partial charge in [-0.25, -0.2) is 8.42 Å². The number of rotatable bonds is 8. The van der Waals surface area contributed by atoms with Crippen molar-refractivity contribution in [2.75, 3.05) is 25.5 Å². The predicted molar refractivity (Wildman–Crippen MR) is 133 cm³/mol. The second-order valence-electron chi connectivity index (χ2n) is 10.0. The highest BCUT2D eigenvalue weighted by molar-refractivity contribution is 7.91. The number of benzene rings is 1. The number of carbonyl (C=O) groups excluding carboxylic acids is 1. The molecule has 0 unspecified atom stereocenters. The van der Waals surface area contributed by atoms with E-state index in [1.165, 1.54) is 12.3 Å². The van der Waals surface area contributed by atoms with Gasteiger partial charge in [-0.1, -0.05) is 26.8 Å². The largest absolute Gasteiger partial charge is 0.440 e. The van der Waals surface area contributed by atoms with Gasteiger partial charge in [0.2, 0.25) is 0 Å². The van der Waals surface area contributed by atoms with Gasteiger partial charge in [0.25, 0.3) is 12.2 Å². The maximum atomic E-state index is 12.8. The van der Waals surface area contributed by atoms with Crippen LogP contribution in [-0.4, -0.2) is 62.2 Å². The molecule has 1 N–H and O–H groups in total. The number of hydrogen-bond donors (Lipinski definition) is 1. The van der Waals surface area contributed by atoms with Gasteiger partial charge < -0.3 is 14.8 Å². The average molecular weight is 556 g/mol. The molecule has 38 heavy (non-hydrogen) atoms. The van der Waals surface area contributed by atoms with Crippen LogP contribution in [0.2, 0.25) is 0 Å². The number of amides is 1. The normalized spacial score (nSPS) is 22.4. The van der Waals surface area contributed by atoms with E-state index < -0.39 is 22.3 Å². The van der Waals surface area contributed by atoms with E-state index in [1.54, 1.807) is 19.1 Å². The van der Waals surface area contributed by atoms with E-state index in [-0.39, 0.29) is 54.2 Å². The van der Waals surface area contributed by atoms with E-state index in [0.29, 0.717) is 24.3 Å². The first-order valence-electron chi connectivity index (χ1n) is 12.5. The first kappa shape index (κ1) is 28.5. The number of carbonyl (C=O) groups is 1. The number of pyridine rings is 1. The summed E-state index contributed by atoms with van der Waals surface area (Å²) in [7, 11) is -3.34. The quantitative estimate of drug-likeness (QED) is 0.528. The summed E-state index contributed by atoms with van der Waals surface area (Å²) in [5.41, 5.74) is 3.10. The molecule has 2 aliphatic heterocycles. The molecule has 1 saturated heterocycles. The molecule has 208 valence electrons. The molecule has 12 heteroatoms. The van der Waals surface area contributed by atoms with Crippen molar-refractivity contribution in [3.8, 4) is 0 Å². The Morgan fingerprint density at radius 3 is 2.47 bits per heavy atom. The molecule has 1 aromatic carbocycles. The summed E-state index contributed by atoms with van der Waals surface area (Å²) in [6, 6.07) is 8.66. The lowest BCUT2D eigenvalue weighted by atomic mass is 9.94. The minimum atomic E-state index is -4.54. The minimum absolute atomic E-state index is 0.0150. The van der Waals surface area contributed by atoms with Crippen molar-refractivity contribution in [2.24, 2.45) is 11.8 Å². The second kappa shape index (κ2) is 11.3. The molecule has 1 atom stereocenters. The van der Waals surface area contributed by atoms with E-state index in [9.17, 15) is 26.4 Å². The second-order valence-corrected chi connectivity index (χ2v) is 12.3. The van der Waals surface area contributed by atoms with E-state index in [1.807, 2.05) is 12.1 Å². The topological polar surface area (TPSA) is 97.8 Å². The third-order valence-electron chi connectivity index (χ3n) is 6.82. The fraction of sp³-hybridized carbons (Fsp3) is 0.538. The van der Waals surface area contributed by atoms with Crippen LogP contribution in [0.25, 0.3) is 0 Å².